The molecule has 0 aromatic heterocycles. The summed E-state index contributed by atoms with van der Waals surface area (Å²) >= 11 is 0. The minimum atomic E-state index is -0.207. The van der Waals surface area contributed by atoms with Gasteiger partial charge in [-0.3, -0.25) is 9.59 Å². The molecule has 2 atom stereocenters. The van der Waals surface area contributed by atoms with Gasteiger partial charge in [-0.2, -0.15) is 0 Å². The third-order valence-corrected chi connectivity index (χ3v) is 4.66. The normalized spacial score (nSPS) is 35.0. The third kappa shape index (κ3) is 3.93. The highest BCUT2D eigenvalue weighted by Crippen LogP contribution is 2.27. The smallest absolute Gasteiger partial charge is 0.220 e. The van der Waals surface area contributed by atoms with Crippen molar-refractivity contribution in [2.75, 3.05) is 0 Å². The summed E-state index contributed by atoms with van der Waals surface area (Å²) < 4.78 is 0. The molecule has 0 unspecified atom stereocenters. The summed E-state index contributed by atoms with van der Waals surface area (Å²) in [6, 6.07) is 0.400. The van der Waals surface area contributed by atoms with Gasteiger partial charge < -0.3 is 16.8 Å². The fourth-order valence-electron chi connectivity index (χ4n) is 3.37. The maximum Gasteiger partial charge on any atom is 0.220 e. The molecule has 0 radical (unpaired) electrons. The Bertz CT molecular complexity index is 338. The molecule has 0 aromatic carbocycles. The molecule has 0 bridgehead atoms. The van der Waals surface area contributed by atoms with Gasteiger partial charge in [-0.15, -0.1) is 0 Å². The van der Waals surface area contributed by atoms with Crippen LogP contribution in [0.3, 0.4) is 0 Å². The number of carbonyl (C=O) groups is 2. The monoisotopic (exact) mass is 267 g/mol. The lowest BCUT2D eigenvalue weighted by atomic mass is 9.85. The molecule has 5 nitrogen and oxygen atoms in total. The topological polar surface area (TPSA) is 98.2 Å². The largest absolute Gasteiger partial charge is 0.369 e. The predicted octanol–water partition coefficient (Wildman–Crippen LogP) is 0.664. The molecule has 0 spiro atoms. The van der Waals surface area contributed by atoms with Crippen molar-refractivity contribution < 1.29 is 9.59 Å². The highest BCUT2D eigenvalue weighted by atomic mass is 16.2. The molecule has 2 amide bonds. The predicted molar refractivity (Wildman–Crippen MR) is 73.0 cm³/mol. The zero-order valence-corrected chi connectivity index (χ0v) is 11.4. The number of rotatable bonds is 4. The van der Waals surface area contributed by atoms with Gasteiger partial charge in [0.25, 0.3) is 0 Å². The Balaban J connectivity index is 1.70. The maximum atomic E-state index is 12.0. The summed E-state index contributed by atoms with van der Waals surface area (Å²) in [5, 5.41) is 3.08. The summed E-state index contributed by atoms with van der Waals surface area (Å²) in [7, 11) is 0. The van der Waals surface area contributed by atoms with Crippen molar-refractivity contribution in [2.45, 2.75) is 63.5 Å². The molecule has 2 rings (SSSR count). The highest BCUT2D eigenvalue weighted by molar-refractivity contribution is 5.77. The van der Waals surface area contributed by atoms with Crippen LogP contribution >= 0.6 is 0 Å². The summed E-state index contributed by atoms with van der Waals surface area (Å²) in [6.45, 7) is 0. The summed E-state index contributed by atoms with van der Waals surface area (Å²) in [4.78, 5) is 23.0. The number of amides is 2. The number of hydrogen-bond acceptors (Lipinski definition) is 3. The molecule has 5 N–H and O–H groups in total. The second-order valence-electron chi connectivity index (χ2n) is 6.08. The molecule has 2 saturated carbocycles. The van der Waals surface area contributed by atoms with Gasteiger partial charge in [0, 0.05) is 24.4 Å². The molecule has 0 saturated heterocycles. The van der Waals surface area contributed by atoms with E-state index in [0.717, 1.165) is 44.9 Å². The van der Waals surface area contributed by atoms with Gasteiger partial charge >= 0.3 is 0 Å². The number of hydrogen-bond donors (Lipinski definition) is 3. The Labute approximate surface area is 114 Å². The van der Waals surface area contributed by atoms with Gasteiger partial charge in [0.1, 0.15) is 0 Å². The van der Waals surface area contributed by atoms with Crippen LogP contribution in [0.15, 0.2) is 0 Å². The van der Waals surface area contributed by atoms with E-state index in [2.05, 4.69) is 5.32 Å². The van der Waals surface area contributed by atoms with Crippen molar-refractivity contribution in [1.82, 2.24) is 5.32 Å². The third-order valence-electron chi connectivity index (χ3n) is 4.66. The second-order valence-corrected chi connectivity index (χ2v) is 6.08. The minimum absolute atomic E-state index is 0.00333. The maximum absolute atomic E-state index is 12.0. The van der Waals surface area contributed by atoms with E-state index in [4.69, 9.17) is 11.5 Å². The van der Waals surface area contributed by atoms with Gasteiger partial charge in [0.2, 0.25) is 11.8 Å². The molecule has 108 valence electrons. The first-order chi connectivity index (χ1) is 9.06. The average molecular weight is 267 g/mol. The Hall–Kier alpha value is -1.10. The van der Waals surface area contributed by atoms with Crippen molar-refractivity contribution in [3.8, 4) is 0 Å². The zero-order valence-electron chi connectivity index (χ0n) is 11.4. The van der Waals surface area contributed by atoms with Crippen LogP contribution in [0, 0.1) is 11.8 Å². The van der Waals surface area contributed by atoms with E-state index < -0.39 is 0 Å². The summed E-state index contributed by atoms with van der Waals surface area (Å²) in [5.41, 5.74) is 11.3. The van der Waals surface area contributed by atoms with Crippen molar-refractivity contribution in [3.63, 3.8) is 0 Å². The Morgan fingerprint density at radius 3 is 2.26 bits per heavy atom. The molecule has 0 aromatic rings. The quantitative estimate of drug-likeness (QED) is 0.698. The molecule has 0 aliphatic heterocycles. The van der Waals surface area contributed by atoms with Gasteiger partial charge in [-0.25, -0.2) is 0 Å². The van der Waals surface area contributed by atoms with Gasteiger partial charge in [0.15, 0.2) is 0 Å². The number of carbonyl (C=O) groups excluding carboxylic acids is 2. The number of primary amides is 1. The average Bonchev–Trinajstić information content (AvgIpc) is 2.75. The van der Waals surface area contributed by atoms with E-state index in [1.165, 1.54) is 0 Å². The first kappa shape index (κ1) is 14.3. The van der Waals surface area contributed by atoms with Gasteiger partial charge in [-0.05, 0) is 44.4 Å². The molecule has 19 heavy (non-hydrogen) atoms. The van der Waals surface area contributed by atoms with Crippen molar-refractivity contribution in [1.29, 1.82) is 0 Å². The van der Waals surface area contributed by atoms with Crippen LogP contribution in [0.2, 0.25) is 0 Å². The van der Waals surface area contributed by atoms with Gasteiger partial charge in [0.05, 0.1) is 0 Å². The lowest BCUT2D eigenvalue weighted by Crippen LogP contribution is -2.41. The van der Waals surface area contributed by atoms with Crippen LogP contribution in [0.1, 0.15) is 51.4 Å². The Morgan fingerprint density at radius 2 is 1.74 bits per heavy atom. The molecular formula is C14H25N3O2. The molecule has 5 heteroatoms. The van der Waals surface area contributed by atoms with Crippen LogP contribution in [-0.4, -0.2) is 23.9 Å². The minimum Gasteiger partial charge on any atom is -0.369 e. The number of nitrogens with two attached hydrogens (primary N) is 2. The second kappa shape index (κ2) is 6.37. The molecular weight excluding hydrogens is 242 g/mol. The fourth-order valence-corrected chi connectivity index (χ4v) is 3.37. The van der Waals surface area contributed by atoms with E-state index in [1.807, 2.05) is 0 Å². The zero-order chi connectivity index (χ0) is 13.8. The van der Waals surface area contributed by atoms with Gasteiger partial charge in [-0.1, -0.05) is 6.42 Å². The Kier molecular flexibility index (Phi) is 4.80. The SMILES string of the molecule is NC(=O)C1CCC(NC(=O)C[C@@H]2CCC[C@H]2N)CC1. The van der Waals surface area contributed by atoms with Crippen molar-refractivity contribution in [2.24, 2.45) is 23.3 Å². The molecule has 0 heterocycles. The highest BCUT2D eigenvalue weighted by Gasteiger charge is 2.29. The number of nitrogens with one attached hydrogen (secondary N) is 1. The van der Waals surface area contributed by atoms with Crippen LogP contribution in [0.4, 0.5) is 0 Å². The first-order valence-electron chi connectivity index (χ1n) is 7.40. The first-order valence-corrected chi connectivity index (χ1v) is 7.40. The van der Waals surface area contributed by atoms with Crippen LogP contribution in [0.5, 0.6) is 0 Å². The van der Waals surface area contributed by atoms with E-state index in [0.29, 0.717) is 12.3 Å². The van der Waals surface area contributed by atoms with E-state index >= 15 is 0 Å². The fraction of sp³-hybridized carbons (Fsp3) is 0.857. The summed E-state index contributed by atoms with van der Waals surface area (Å²) in [6.07, 6.45) is 7.11. The molecule has 2 aliphatic rings. The van der Waals surface area contributed by atoms with Crippen LogP contribution in [0.25, 0.3) is 0 Å². The van der Waals surface area contributed by atoms with Crippen molar-refractivity contribution >= 4 is 11.8 Å². The van der Waals surface area contributed by atoms with Crippen LogP contribution in [-0.2, 0) is 9.59 Å². The lowest BCUT2D eigenvalue weighted by molar-refractivity contribution is -0.123. The molecule has 2 aliphatic carbocycles. The summed E-state index contributed by atoms with van der Waals surface area (Å²) in [5.74, 6) is 0.255. The van der Waals surface area contributed by atoms with E-state index in [1.54, 1.807) is 0 Å². The van der Waals surface area contributed by atoms with E-state index in [9.17, 15) is 9.59 Å². The standard InChI is InChI=1S/C14H25N3O2/c15-12-3-1-2-10(12)8-13(18)17-11-6-4-9(5-7-11)14(16)19/h9-12H,1-8,15H2,(H2,16,19)(H,17,18)/t9?,10-,11?,12+/m0/s1. The van der Waals surface area contributed by atoms with E-state index in [-0.39, 0.29) is 29.8 Å². The Morgan fingerprint density at radius 1 is 1.05 bits per heavy atom. The lowest BCUT2D eigenvalue weighted by Gasteiger charge is -2.28. The van der Waals surface area contributed by atoms with Crippen molar-refractivity contribution in [3.05, 3.63) is 0 Å². The van der Waals surface area contributed by atoms with Crippen LogP contribution < -0.4 is 16.8 Å². The molecule has 2 fully saturated rings.